The highest BCUT2D eigenvalue weighted by molar-refractivity contribution is 8.07. The Labute approximate surface area is 147 Å². The number of hydrogen-bond acceptors (Lipinski definition) is 3. The minimum Gasteiger partial charge on any atom is -0.335 e. The molecule has 0 aliphatic carbocycles. The van der Waals surface area contributed by atoms with Gasteiger partial charge in [0.1, 0.15) is 0 Å². The van der Waals surface area contributed by atoms with Crippen LogP contribution >= 0.6 is 20.6 Å². The summed E-state index contributed by atoms with van der Waals surface area (Å²) in [6.45, 7) is 15.9. The van der Waals surface area contributed by atoms with Gasteiger partial charge in [0.25, 0.3) is 0 Å². The second-order valence-corrected chi connectivity index (χ2v) is 8.17. The molecule has 0 N–H and O–H groups in total. The molecule has 1 fully saturated rings. The Kier molecular flexibility index (Phi) is 8.00. The fourth-order valence-electron chi connectivity index (χ4n) is 2.98. The Morgan fingerprint density at radius 1 is 1.35 bits per heavy atom. The Hall–Kier alpha value is -0.630. The van der Waals surface area contributed by atoms with Crippen molar-refractivity contribution in [2.24, 2.45) is 0 Å². The molecule has 1 aliphatic heterocycles. The van der Waals surface area contributed by atoms with E-state index >= 15 is 0 Å². The van der Waals surface area contributed by atoms with Crippen molar-refractivity contribution in [3.05, 3.63) is 34.1 Å². The van der Waals surface area contributed by atoms with Crippen LogP contribution in [0.2, 0.25) is 0 Å². The van der Waals surface area contributed by atoms with Gasteiger partial charge in [0.2, 0.25) is 0 Å². The van der Waals surface area contributed by atoms with Crippen molar-refractivity contribution in [3.63, 3.8) is 0 Å². The number of rotatable bonds is 9. The van der Waals surface area contributed by atoms with Crippen LogP contribution in [0.4, 0.5) is 0 Å². The lowest BCUT2D eigenvalue weighted by molar-refractivity contribution is -0.113. The molecule has 1 unspecified atom stereocenters. The lowest BCUT2D eigenvalue weighted by Gasteiger charge is -2.27. The average Bonchev–Trinajstić information content (AvgIpc) is 2.71. The lowest BCUT2D eigenvalue weighted by Crippen LogP contribution is -2.27. The molecule has 0 aromatic carbocycles. The van der Waals surface area contributed by atoms with E-state index < -0.39 is 0 Å². The van der Waals surface area contributed by atoms with Crippen LogP contribution in [0.3, 0.4) is 0 Å². The van der Waals surface area contributed by atoms with Crippen molar-refractivity contribution in [3.8, 4) is 0 Å². The Morgan fingerprint density at radius 3 is 2.43 bits per heavy atom. The van der Waals surface area contributed by atoms with E-state index in [1.807, 2.05) is 13.8 Å². The fraction of sp³-hybridized carbons (Fsp3) is 0.579. The Morgan fingerprint density at radius 2 is 2.00 bits per heavy atom. The van der Waals surface area contributed by atoms with Gasteiger partial charge in [-0.1, -0.05) is 52.7 Å². The van der Waals surface area contributed by atoms with E-state index in [0.717, 1.165) is 65.0 Å². The van der Waals surface area contributed by atoms with Gasteiger partial charge in [0, 0.05) is 6.42 Å². The first-order chi connectivity index (χ1) is 10.7. The summed E-state index contributed by atoms with van der Waals surface area (Å²) in [5.74, 6) is 0.118. The van der Waals surface area contributed by atoms with Crippen LogP contribution in [0.1, 0.15) is 66.2 Å². The van der Waals surface area contributed by atoms with Crippen LogP contribution in [-0.4, -0.2) is 16.9 Å². The molecule has 23 heavy (non-hydrogen) atoms. The van der Waals surface area contributed by atoms with E-state index in [4.69, 9.17) is 4.74 Å². The molecule has 0 bridgehead atoms. The first-order valence-corrected chi connectivity index (χ1v) is 9.52. The molecule has 0 aromatic rings. The molecule has 0 spiro atoms. The highest BCUT2D eigenvalue weighted by Gasteiger charge is 2.38. The zero-order valence-corrected chi connectivity index (χ0v) is 16.7. The van der Waals surface area contributed by atoms with Crippen LogP contribution < -0.4 is 0 Å². The van der Waals surface area contributed by atoms with E-state index in [9.17, 15) is 4.79 Å². The molecular weight excluding hydrogens is 323 g/mol. The maximum absolute atomic E-state index is 11.7. The number of allylic oxidation sites excluding steroid dienone is 3. The molecule has 0 saturated carbocycles. The number of Topliss-reactive ketones (excluding diaryl/α,β-unsaturated/α-hetero) is 1. The Bertz CT molecular complexity index is 526. The molecule has 1 heterocycles. The van der Waals surface area contributed by atoms with Gasteiger partial charge in [-0.25, -0.2) is 0 Å². The van der Waals surface area contributed by atoms with E-state index in [0.29, 0.717) is 0 Å². The zero-order valence-electron chi connectivity index (χ0n) is 14.9. The highest BCUT2D eigenvalue weighted by Crippen LogP contribution is 2.40. The summed E-state index contributed by atoms with van der Waals surface area (Å²) in [7, 11) is 3.52. The predicted molar refractivity (Wildman–Crippen MR) is 105 cm³/mol. The number of ketones is 1. The van der Waals surface area contributed by atoms with Gasteiger partial charge in [-0.05, 0) is 56.9 Å². The normalized spacial score (nSPS) is 20.7. The van der Waals surface area contributed by atoms with Crippen molar-refractivity contribution in [2.45, 2.75) is 71.8 Å². The zero-order chi connectivity index (χ0) is 17.6. The molecule has 0 aromatic heterocycles. The first-order valence-electron chi connectivity index (χ1n) is 8.20. The molecule has 0 radical (unpaired) electrons. The van der Waals surface area contributed by atoms with Crippen molar-refractivity contribution < 1.29 is 9.53 Å². The van der Waals surface area contributed by atoms with Gasteiger partial charge in [-0.2, -0.15) is 0 Å². The van der Waals surface area contributed by atoms with Crippen LogP contribution in [-0.2, 0) is 9.53 Å². The Balaban J connectivity index is 2.56. The molecule has 1 rings (SSSR count). The van der Waals surface area contributed by atoms with Crippen molar-refractivity contribution in [2.75, 3.05) is 0 Å². The molecule has 128 valence electrons. The molecule has 1 saturated heterocycles. The third-order valence-electron chi connectivity index (χ3n) is 3.99. The van der Waals surface area contributed by atoms with E-state index in [2.05, 4.69) is 28.9 Å². The third kappa shape index (κ3) is 6.06. The largest absolute Gasteiger partial charge is 0.335 e. The second-order valence-electron chi connectivity index (χ2n) is 6.52. The van der Waals surface area contributed by atoms with Crippen molar-refractivity contribution in [1.82, 2.24) is 0 Å². The van der Waals surface area contributed by atoms with Crippen LogP contribution in [0.25, 0.3) is 0 Å². The number of carbonyl (C=O) groups excluding carboxylic acids is 1. The minimum absolute atomic E-state index is 0.117. The monoisotopic (exact) mass is 352 g/mol. The van der Waals surface area contributed by atoms with E-state index in [1.54, 1.807) is 6.92 Å². The lowest BCUT2D eigenvalue weighted by atomic mass is 9.88. The summed E-state index contributed by atoms with van der Waals surface area (Å²) in [6.07, 6.45) is 5.91. The third-order valence-corrected chi connectivity index (χ3v) is 5.84. The van der Waals surface area contributed by atoms with E-state index in [1.165, 1.54) is 11.8 Å². The maximum atomic E-state index is 11.7. The van der Waals surface area contributed by atoms with Crippen LogP contribution in [0.5, 0.6) is 0 Å². The van der Waals surface area contributed by atoms with Gasteiger partial charge in [-0.3, -0.25) is 4.79 Å². The average molecular weight is 352 g/mol. The number of ether oxygens (including phenoxy) is 1. The predicted octanol–water partition coefficient (Wildman–Crippen LogP) is 6.07. The minimum atomic E-state index is -0.117. The molecule has 4 heteroatoms. The summed E-state index contributed by atoms with van der Waals surface area (Å²) >= 11 is 1.52. The van der Waals surface area contributed by atoms with Gasteiger partial charge >= 0.3 is 0 Å². The van der Waals surface area contributed by atoms with Gasteiger partial charge in [0.05, 0.1) is 16.0 Å². The molecule has 1 aliphatic rings. The summed E-state index contributed by atoms with van der Waals surface area (Å²) in [5.41, 5.74) is 2.79. The number of thioether (sulfide) groups is 1. The van der Waals surface area contributed by atoms with Crippen LogP contribution in [0.15, 0.2) is 34.1 Å². The summed E-state index contributed by atoms with van der Waals surface area (Å²) in [5, 5.41) is 0. The van der Waals surface area contributed by atoms with Gasteiger partial charge in [0.15, 0.2) is 5.78 Å². The smallest absolute Gasteiger partial charge is 0.166 e. The molecule has 0 amide bonds. The van der Waals surface area contributed by atoms with Gasteiger partial charge in [-0.15, -0.1) is 0 Å². The van der Waals surface area contributed by atoms with Crippen molar-refractivity contribution >= 4 is 31.9 Å². The molecular formula is C19H29O2PS. The SMILES string of the molecule is C=C(CCCC1(CCC)CC(=C)C(=P)O1)SC(C(C)=O)=C(C)C. The van der Waals surface area contributed by atoms with Gasteiger partial charge < -0.3 is 4.74 Å². The maximum Gasteiger partial charge on any atom is 0.166 e. The summed E-state index contributed by atoms with van der Waals surface area (Å²) in [4.78, 5) is 13.5. The second kappa shape index (κ2) is 9.01. The highest BCUT2D eigenvalue weighted by atomic mass is 32.2. The topological polar surface area (TPSA) is 26.3 Å². The molecule has 2 nitrogen and oxygen atoms in total. The van der Waals surface area contributed by atoms with Crippen molar-refractivity contribution in [1.29, 1.82) is 0 Å². The van der Waals surface area contributed by atoms with Crippen LogP contribution in [0, 0.1) is 0 Å². The summed E-state index contributed by atoms with van der Waals surface area (Å²) in [6, 6.07) is 0. The van der Waals surface area contributed by atoms with E-state index in [-0.39, 0.29) is 11.4 Å². The standard InChI is InChI=1S/C19H29O2PS/c1-7-10-19(12-14(4)18(22)21-19)11-8-9-15(5)23-17(13(2)3)16(6)20/h22H,4-5,7-12H2,1-3,6H3. The number of hydrogen-bond donors (Lipinski definition) is 0. The first kappa shape index (κ1) is 20.4. The summed E-state index contributed by atoms with van der Waals surface area (Å²) < 4.78 is 6.07. The molecule has 1 atom stereocenters. The fourth-order valence-corrected chi connectivity index (χ4v) is 4.17. The quantitative estimate of drug-likeness (QED) is 0.372. The number of carbonyl (C=O) groups is 1.